The molecule has 0 spiro atoms. The normalized spacial score (nSPS) is 11.0. The Kier molecular flexibility index (Phi) is 3.00. The summed E-state index contributed by atoms with van der Waals surface area (Å²) in [7, 11) is 0. The van der Waals surface area contributed by atoms with Crippen LogP contribution in [-0.4, -0.2) is 9.55 Å². The van der Waals surface area contributed by atoms with Crippen LogP contribution in [0.25, 0.3) is 10.2 Å². The van der Waals surface area contributed by atoms with E-state index in [1.54, 1.807) is 29.6 Å². The average Bonchev–Trinajstić information content (AvgIpc) is 2.84. The fourth-order valence-electron chi connectivity index (χ4n) is 1.91. The number of thiophene rings is 1. The van der Waals surface area contributed by atoms with E-state index in [4.69, 9.17) is 11.6 Å². The summed E-state index contributed by atoms with van der Waals surface area (Å²) in [5.74, 6) is 0. The van der Waals surface area contributed by atoms with Gasteiger partial charge in [0.15, 0.2) is 0 Å². The highest BCUT2D eigenvalue weighted by molar-refractivity contribution is 7.17. The number of rotatable bonds is 2. The van der Waals surface area contributed by atoms with Crippen LogP contribution in [0, 0.1) is 0 Å². The van der Waals surface area contributed by atoms with E-state index in [-0.39, 0.29) is 12.1 Å². The van der Waals surface area contributed by atoms with Gasteiger partial charge in [-0.1, -0.05) is 29.8 Å². The van der Waals surface area contributed by atoms with Gasteiger partial charge in [-0.25, -0.2) is 4.79 Å². The van der Waals surface area contributed by atoms with Crippen molar-refractivity contribution in [2.24, 2.45) is 0 Å². The van der Waals surface area contributed by atoms with Crippen LogP contribution in [0.5, 0.6) is 0 Å². The number of aromatic amines is 1. The molecular formula is C13H9ClN2O2S. The number of nitrogens with zero attached hydrogens (tertiary/aromatic N) is 1. The predicted octanol–water partition coefficient (Wildman–Crippen LogP) is 2.45. The second-order valence-electron chi connectivity index (χ2n) is 4.08. The standard InChI is InChI=1S/C13H9ClN2O2S/c14-9-4-2-1-3-8(9)7-16-12(17)11-10(5-6-19-11)15-13(16)18/h1-6H,7H2,(H,15,18). The van der Waals surface area contributed by atoms with Crippen LogP contribution >= 0.6 is 22.9 Å². The SMILES string of the molecule is O=c1[nH]c2ccsc2c(=O)n1Cc1ccccc1Cl. The number of halogens is 1. The molecule has 0 atom stereocenters. The van der Waals surface area contributed by atoms with Gasteiger partial charge < -0.3 is 4.98 Å². The van der Waals surface area contributed by atoms with Gasteiger partial charge >= 0.3 is 5.69 Å². The van der Waals surface area contributed by atoms with Gasteiger partial charge in [-0.05, 0) is 23.1 Å². The molecule has 2 heterocycles. The Labute approximate surface area is 116 Å². The van der Waals surface area contributed by atoms with Gasteiger partial charge in [-0.2, -0.15) is 0 Å². The lowest BCUT2D eigenvalue weighted by Crippen LogP contribution is -2.34. The molecule has 0 bridgehead atoms. The summed E-state index contributed by atoms with van der Waals surface area (Å²) in [6.07, 6.45) is 0. The molecule has 0 aliphatic carbocycles. The summed E-state index contributed by atoms with van der Waals surface area (Å²) in [5, 5.41) is 2.32. The second-order valence-corrected chi connectivity index (χ2v) is 5.40. The first-order valence-electron chi connectivity index (χ1n) is 5.60. The van der Waals surface area contributed by atoms with Crippen molar-refractivity contribution in [2.45, 2.75) is 6.54 Å². The molecular weight excluding hydrogens is 284 g/mol. The minimum atomic E-state index is -0.421. The first-order valence-corrected chi connectivity index (χ1v) is 6.86. The van der Waals surface area contributed by atoms with Crippen LogP contribution in [0.3, 0.4) is 0 Å². The molecule has 0 saturated heterocycles. The molecule has 6 heteroatoms. The summed E-state index contributed by atoms with van der Waals surface area (Å²) in [4.78, 5) is 26.9. The average molecular weight is 293 g/mol. The van der Waals surface area contributed by atoms with Crippen molar-refractivity contribution in [2.75, 3.05) is 0 Å². The zero-order chi connectivity index (χ0) is 13.4. The van der Waals surface area contributed by atoms with Crippen molar-refractivity contribution < 1.29 is 0 Å². The van der Waals surface area contributed by atoms with Crippen molar-refractivity contribution in [3.8, 4) is 0 Å². The first kappa shape index (κ1) is 12.2. The maximum Gasteiger partial charge on any atom is 0.329 e. The van der Waals surface area contributed by atoms with Crippen LogP contribution in [-0.2, 0) is 6.54 Å². The molecule has 1 aromatic carbocycles. The lowest BCUT2D eigenvalue weighted by atomic mass is 10.2. The van der Waals surface area contributed by atoms with Gasteiger partial charge in [0, 0.05) is 5.02 Å². The van der Waals surface area contributed by atoms with Gasteiger partial charge in [0.2, 0.25) is 0 Å². The Bertz CT molecular complexity index is 863. The van der Waals surface area contributed by atoms with Gasteiger partial charge in [0.1, 0.15) is 4.70 Å². The third kappa shape index (κ3) is 2.11. The number of benzene rings is 1. The van der Waals surface area contributed by atoms with Crippen molar-refractivity contribution in [3.63, 3.8) is 0 Å². The van der Waals surface area contributed by atoms with E-state index in [2.05, 4.69) is 4.98 Å². The molecule has 0 aliphatic rings. The first-order chi connectivity index (χ1) is 9.16. The number of nitrogens with one attached hydrogen (secondary N) is 1. The molecule has 0 radical (unpaired) electrons. The molecule has 0 unspecified atom stereocenters. The summed E-state index contributed by atoms with van der Waals surface area (Å²) in [6, 6.07) is 8.89. The number of aromatic nitrogens is 2. The largest absolute Gasteiger partial charge is 0.329 e. The van der Waals surface area contributed by atoms with Crippen LogP contribution in [0.2, 0.25) is 5.02 Å². The molecule has 4 nitrogen and oxygen atoms in total. The van der Waals surface area contributed by atoms with E-state index in [1.807, 2.05) is 6.07 Å². The van der Waals surface area contributed by atoms with E-state index >= 15 is 0 Å². The molecule has 3 aromatic rings. The minimum absolute atomic E-state index is 0.168. The number of fused-ring (bicyclic) bond motifs is 1. The van der Waals surface area contributed by atoms with Crippen molar-refractivity contribution in [1.82, 2.24) is 9.55 Å². The smallest absolute Gasteiger partial charge is 0.306 e. The van der Waals surface area contributed by atoms with E-state index in [0.29, 0.717) is 15.2 Å². The molecule has 0 aliphatic heterocycles. The van der Waals surface area contributed by atoms with Gasteiger partial charge in [0.25, 0.3) is 5.56 Å². The maximum atomic E-state index is 12.2. The molecule has 19 heavy (non-hydrogen) atoms. The fourth-order valence-corrected chi connectivity index (χ4v) is 2.90. The van der Waals surface area contributed by atoms with Crippen molar-refractivity contribution in [3.05, 3.63) is 67.1 Å². The zero-order valence-corrected chi connectivity index (χ0v) is 11.3. The number of hydrogen-bond donors (Lipinski definition) is 1. The summed E-state index contributed by atoms with van der Waals surface area (Å²) in [6.45, 7) is 0.168. The molecule has 0 amide bonds. The summed E-state index contributed by atoms with van der Waals surface area (Å²) in [5.41, 5.74) is 0.618. The van der Waals surface area contributed by atoms with E-state index in [0.717, 1.165) is 5.56 Å². The van der Waals surface area contributed by atoms with Crippen molar-refractivity contribution >= 4 is 33.2 Å². The Balaban J connectivity index is 2.18. The highest BCUT2D eigenvalue weighted by Crippen LogP contribution is 2.16. The molecule has 3 rings (SSSR count). The van der Waals surface area contributed by atoms with Gasteiger partial charge in [-0.3, -0.25) is 9.36 Å². The van der Waals surface area contributed by atoms with Gasteiger partial charge in [0.05, 0.1) is 12.1 Å². The lowest BCUT2D eigenvalue weighted by molar-refractivity contribution is 0.713. The second kappa shape index (κ2) is 4.68. The van der Waals surface area contributed by atoms with E-state index in [1.165, 1.54) is 15.9 Å². The van der Waals surface area contributed by atoms with E-state index < -0.39 is 5.69 Å². The molecule has 0 fully saturated rings. The van der Waals surface area contributed by atoms with Crippen LogP contribution in [0.15, 0.2) is 45.3 Å². The predicted molar refractivity (Wildman–Crippen MR) is 77.3 cm³/mol. The zero-order valence-electron chi connectivity index (χ0n) is 9.72. The quantitative estimate of drug-likeness (QED) is 0.789. The Morgan fingerprint density at radius 3 is 2.79 bits per heavy atom. The van der Waals surface area contributed by atoms with Gasteiger partial charge in [-0.15, -0.1) is 11.3 Å². The highest BCUT2D eigenvalue weighted by atomic mass is 35.5. The molecule has 1 N–H and O–H groups in total. The number of H-pyrrole nitrogens is 1. The van der Waals surface area contributed by atoms with Crippen molar-refractivity contribution in [1.29, 1.82) is 0 Å². The number of hydrogen-bond acceptors (Lipinski definition) is 3. The summed E-state index contributed by atoms with van der Waals surface area (Å²) >= 11 is 7.37. The van der Waals surface area contributed by atoms with Crippen LogP contribution < -0.4 is 11.2 Å². The fraction of sp³-hybridized carbons (Fsp3) is 0.0769. The Morgan fingerprint density at radius 1 is 1.21 bits per heavy atom. The monoisotopic (exact) mass is 292 g/mol. The van der Waals surface area contributed by atoms with E-state index in [9.17, 15) is 9.59 Å². The highest BCUT2D eigenvalue weighted by Gasteiger charge is 2.10. The molecule has 0 saturated carbocycles. The topological polar surface area (TPSA) is 54.9 Å². The lowest BCUT2D eigenvalue weighted by Gasteiger charge is -2.06. The maximum absolute atomic E-state index is 12.2. The Hall–Kier alpha value is -1.85. The molecule has 2 aromatic heterocycles. The summed E-state index contributed by atoms with van der Waals surface area (Å²) < 4.78 is 1.71. The third-order valence-electron chi connectivity index (χ3n) is 2.88. The third-order valence-corrected chi connectivity index (χ3v) is 4.15. The Morgan fingerprint density at radius 2 is 2.00 bits per heavy atom. The van der Waals surface area contributed by atoms with Crippen LogP contribution in [0.4, 0.5) is 0 Å². The molecule has 96 valence electrons. The minimum Gasteiger partial charge on any atom is -0.306 e. The van der Waals surface area contributed by atoms with Crippen LogP contribution in [0.1, 0.15) is 5.56 Å².